The first-order chi connectivity index (χ1) is 6.45. The van der Waals surface area contributed by atoms with E-state index in [2.05, 4.69) is 22.5 Å². The topological polar surface area (TPSA) is 24.9 Å². The number of hydrogen-bond donors (Lipinski definition) is 1. The fourth-order valence-corrected chi connectivity index (χ4v) is 1.20. The van der Waals surface area contributed by atoms with Gasteiger partial charge in [0.15, 0.2) is 0 Å². The monoisotopic (exact) mass is 174 g/mol. The van der Waals surface area contributed by atoms with E-state index in [9.17, 15) is 0 Å². The van der Waals surface area contributed by atoms with Crippen LogP contribution >= 0.6 is 0 Å². The largest absolute Gasteiger partial charge is 0.381 e. The minimum Gasteiger partial charge on any atom is -0.381 e. The number of hydrogen-bond acceptors (Lipinski definition) is 2. The molecule has 0 aliphatic heterocycles. The number of nitrogens with zero attached hydrogens (tertiary/aromatic N) is 1. The van der Waals surface area contributed by atoms with Gasteiger partial charge in [-0.25, -0.2) is 0 Å². The molecule has 1 aromatic heterocycles. The van der Waals surface area contributed by atoms with Crippen molar-refractivity contribution >= 4 is 5.69 Å². The molecule has 2 heteroatoms. The van der Waals surface area contributed by atoms with E-state index in [1.54, 1.807) is 12.4 Å². The predicted molar refractivity (Wildman–Crippen MR) is 54.6 cm³/mol. The summed E-state index contributed by atoms with van der Waals surface area (Å²) < 4.78 is 0. The zero-order valence-corrected chi connectivity index (χ0v) is 7.61. The Kier molecular flexibility index (Phi) is 2.60. The Bertz CT molecular complexity index is 275. The first-order valence-electron chi connectivity index (χ1n) is 4.76. The number of nitrogens with one attached hydrogen (secondary N) is 1. The van der Waals surface area contributed by atoms with Crippen LogP contribution in [0.2, 0.25) is 0 Å². The van der Waals surface area contributed by atoms with E-state index in [-0.39, 0.29) is 0 Å². The van der Waals surface area contributed by atoms with Crippen LogP contribution in [-0.2, 0) is 0 Å². The summed E-state index contributed by atoms with van der Waals surface area (Å²) in [5.41, 5.74) is 1.13. The zero-order chi connectivity index (χ0) is 8.93. The van der Waals surface area contributed by atoms with Gasteiger partial charge < -0.3 is 5.32 Å². The third-order valence-corrected chi connectivity index (χ3v) is 2.13. The lowest BCUT2D eigenvalue weighted by Crippen LogP contribution is -1.97. The van der Waals surface area contributed by atoms with Crippen molar-refractivity contribution < 1.29 is 0 Å². The lowest BCUT2D eigenvalue weighted by Gasteiger charge is -2.00. The van der Waals surface area contributed by atoms with Crippen LogP contribution in [0.15, 0.2) is 36.7 Å². The Morgan fingerprint density at radius 2 is 2.15 bits per heavy atom. The number of aromatic nitrogens is 1. The second-order valence-corrected chi connectivity index (χ2v) is 3.38. The minimum absolute atomic E-state index is 0.874. The average molecular weight is 174 g/mol. The first-order valence-corrected chi connectivity index (χ1v) is 4.76. The molecule has 1 aliphatic rings. The number of anilines is 1. The van der Waals surface area contributed by atoms with Crippen LogP contribution in [0, 0.1) is 5.92 Å². The van der Waals surface area contributed by atoms with Gasteiger partial charge in [0.05, 0.1) is 0 Å². The SMILES string of the molecule is C(=C\C1CC1)/CNc1ccncc1. The molecule has 13 heavy (non-hydrogen) atoms. The second-order valence-electron chi connectivity index (χ2n) is 3.38. The molecule has 0 radical (unpaired) electrons. The van der Waals surface area contributed by atoms with Gasteiger partial charge in [-0.15, -0.1) is 0 Å². The number of pyridine rings is 1. The average Bonchev–Trinajstić information content (AvgIpc) is 2.98. The Morgan fingerprint density at radius 3 is 2.85 bits per heavy atom. The molecule has 0 unspecified atom stereocenters. The predicted octanol–water partition coefficient (Wildman–Crippen LogP) is 2.46. The molecule has 0 aromatic carbocycles. The first kappa shape index (κ1) is 8.30. The Morgan fingerprint density at radius 1 is 1.38 bits per heavy atom. The minimum atomic E-state index is 0.874. The highest BCUT2D eigenvalue weighted by molar-refractivity contribution is 5.41. The summed E-state index contributed by atoms with van der Waals surface area (Å²) in [6.45, 7) is 0.917. The van der Waals surface area contributed by atoms with Gasteiger partial charge in [0.25, 0.3) is 0 Å². The van der Waals surface area contributed by atoms with Gasteiger partial charge >= 0.3 is 0 Å². The Hall–Kier alpha value is -1.31. The van der Waals surface area contributed by atoms with Crippen LogP contribution in [0.3, 0.4) is 0 Å². The van der Waals surface area contributed by atoms with Gasteiger partial charge in [-0.05, 0) is 30.9 Å². The molecule has 68 valence electrons. The normalized spacial score (nSPS) is 16.3. The van der Waals surface area contributed by atoms with E-state index in [0.29, 0.717) is 0 Å². The quantitative estimate of drug-likeness (QED) is 0.709. The summed E-state index contributed by atoms with van der Waals surface area (Å²) in [4.78, 5) is 3.95. The van der Waals surface area contributed by atoms with Gasteiger partial charge in [-0.2, -0.15) is 0 Å². The molecule has 1 aliphatic carbocycles. The van der Waals surface area contributed by atoms with E-state index in [1.165, 1.54) is 12.8 Å². The fraction of sp³-hybridized carbons (Fsp3) is 0.364. The van der Waals surface area contributed by atoms with Crippen LogP contribution in [0.25, 0.3) is 0 Å². The highest BCUT2D eigenvalue weighted by Crippen LogP contribution is 2.29. The molecule has 0 atom stereocenters. The highest BCUT2D eigenvalue weighted by Gasteiger charge is 2.16. The van der Waals surface area contributed by atoms with Crippen molar-refractivity contribution in [3.8, 4) is 0 Å². The molecular formula is C11H14N2. The maximum absolute atomic E-state index is 3.95. The summed E-state index contributed by atoms with van der Waals surface area (Å²) in [5.74, 6) is 0.874. The smallest absolute Gasteiger partial charge is 0.0373 e. The van der Waals surface area contributed by atoms with Crippen molar-refractivity contribution in [3.05, 3.63) is 36.7 Å². The standard InChI is InChI=1S/C11H14N2/c1(2-10-3-4-10)7-13-11-5-8-12-9-6-11/h1-2,5-6,8-10H,3-4,7H2,(H,12,13)/b2-1+. The molecule has 1 N–H and O–H groups in total. The van der Waals surface area contributed by atoms with Gasteiger partial charge in [0.2, 0.25) is 0 Å². The van der Waals surface area contributed by atoms with E-state index in [0.717, 1.165) is 18.2 Å². The van der Waals surface area contributed by atoms with Crippen LogP contribution in [0.1, 0.15) is 12.8 Å². The van der Waals surface area contributed by atoms with Crippen molar-refractivity contribution in [2.24, 2.45) is 5.92 Å². The van der Waals surface area contributed by atoms with E-state index < -0.39 is 0 Å². The van der Waals surface area contributed by atoms with Crippen LogP contribution in [0.4, 0.5) is 5.69 Å². The molecule has 1 fully saturated rings. The van der Waals surface area contributed by atoms with E-state index >= 15 is 0 Å². The fourth-order valence-electron chi connectivity index (χ4n) is 1.20. The maximum Gasteiger partial charge on any atom is 0.0373 e. The third-order valence-electron chi connectivity index (χ3n) is 2.13. The molecule has 2 rings (SSSR count). The Labute approximate surface area is 78.7 Å². The summed E-state index contributed by atoms with van der Waals surface area (Å²) in [5, 5.41) is 3.30. The van der Waals surface area contributed by atoms with Crippen LogP contribution in [0.5, 0.6) is 0 Å². The molecular weight excluding hydrogens is 160 g/mol. The summed E-state index contributed by atoms with van der Waals surface area (Å²) >= 11 is 0. The molecule has 0 amide bonds. The lowest BCUT2D eigenvalue weighted by atomic mass is 10.3. The molecule has 1 saturated carbocycles. The molecule has 1 aromatic rings. The van der Waals surface area contributed by atoms with E-state index in [1.807, 2.05) is 12.1 Å². The maximum atomic E-state index is 3.95. The second kappa shape index (κ2) is 4.08. The van der Waals surface area contributed by atoms with Crippen molar-refractivity contribution in [2.45, 2.75) is 12.8 Å². The van der Waals surface area contributed by atoms with Crippen molar-refractivity contribution in [2.75, 3.05) is 11.9 Å². The lowest BCUT2D eigenvalue weighted by molar-refractivity contribution is 1.11. The van der Waals surface area contributed by atoms with Gasteiger partial charge in [-0.1, -0.05) is 12.2 Å². The van der Waals surface area contributed by atoms with Crippen molar-refractivity contribution in [1.82, 2.24) is 4.98 Å². The van der Waals surface area contributed by atoms with Crippen molar-refractivity contribution in [3.63, 3.8) is 0 Å². The summed E-state index contributed by atoms with van der Waals surface area (Å²) in [6, 6.07) is 3.95. The van der Waals surface area contributed by atoms with E-state index in [4.69, 9.17) is 0 Å². The molecule has 0 saturated heterocycles. The Balaban J connectivity index is 1.73. The zero-order valence-electron chi connectivity index (χ0n) is 7.61. The molecule has 1 heterocycles. The number of allylic oxidation sites excluding steroid dienone is 1. The third kappa shape index (κ3) is 2.90. The molecule has 2 nitrogen and oxygen atoms in total. The molecule has 0 spiro atoms. The van der Waals surface area contributed by atoms with Gasteiger partial charge in [0, 0.05) is 24.6 Å². The van der Waals surface area contributed by atoms with Crippen LogP contribution < -0.4 is 5.32 Å². The van der Waals surface area contributed by atoms with Gasteiger partial charge in [-0.3, -0.25) is 4.98 Å². The van der Waals surface area contributed by atoms with Crippen molar-refractivity contribution in [1.29, 1.82) is 0 Å². The van der Waals surface area contributed by atoms with Crippen LogP contribution in [-0.4, -0.2) is 11.5 Å². The summed E-state index contributed by atoms with van der Waals surface area (Å²) in [7, 11) is 0. The highest BCUT2D eigenvalue weighted by atomic mass is 14.9. The van der Waals surface area contributed by atoms with Gasteiger partial charge in [0.1, 0.15) is 0 Å². The summed E-state index contributed by atoms with van der Waals surface area (Å²) in [6.07, 6.45) is 10.9. The molecule has 0 bridgehead atoms. The number of rotatable bonds is 4.